The highest BCUT2D eigenvalue weighted by atomic mass is 35.5. The molecule has 2 bridgehead atoms. The third-order valence-electron chi connectivity index (χ3n) is 6.09. The van der Waals surface area contributed by atoms with Crippen molar-refractivity contribution in [1.29, 1.82) is 0 Å². The first-order valence-corrected chi connectivity index (χ1v) is 10.9. The number of allylic oxidation sites excluding steroid dienone is 2. The van der Waals surface area contributed by atoms with Gasteiger partial charge in [0.05, 0.1) is 18.8 Å². The van der Waals surface area contributed by atoms with E-state index < -0.39 is 5.41 Å². The summed E-state index contributed by atoms with van der Waals surface area (Å²) < 4.78 is 12.1. The van der Waals surface area contributed by atoms with Crippen LogP contribution in [0.4, 0.5) is 0 Å². The first-order valence-electron chi connectivity index (χ1n) is 10.5. The van der Waals surface area contributed by atoms with Crippen LogP contribution in [-0.2, 0) is 14.3 Å². The fourth-order valence-corrected chi connectivity index (χ4v) is 4.29. The third-order valence-corrected chi connectivity index (χ3v) is 6.60. The van der Waals surface area contributed by atoms with Crippen molar-refractivity contribution in [2.45, 2.75) is 90.8 Å². The molecule has 0 saturated carbocycles. The number of halogens is 1. The molecule has 2 aliphatic heterocycles. The summed E-state index contributed by atoms with van der Waals surface area (Å²) in [7, 11) is 0. The van der Waals surface area contributed by atoms with Crippen molar-refractivity contribution in [2.75, 3.05) is 13.2 Å². The number of carbonyl (C=O) groups excluding carboxylic acids is 1. The molecule has 0 aromatic carbocycles. The average Bonchev–Trinajstić information content (AvgIpc) is 3.19. The Morgan fingerprint density at radius 2 is 1.88 bits per heavy atom. The number of ether oxygens (including phenoxy) is 2. The molecule has 0 amide bonds. The summed E-state index contributed by atoms with van der Waals surface area (Å²) in [6.45, 7) is 7.79. The van der Waals surface area contributed by atoms with Gasteiger partial charge >= 0.3 is 0 Å². The van der Waals surface area contributed by atoms with E-state index in [1.165, 1.54) is 38.5 Å². The zero-order valence-corrected chi connectivity index (χ0v) is 17.6. The monoisotopic (exact) mass is 384 g/mol. The Hall–Kier alpha value is -0.380. The SMILES string of the molecule is CCCCCCOC[C@@H]1[C@H](CC=CCCC(C)(C)C(=O)Cl)[C@@H]2CC[C@H]1O2. The van der Waals surface area contributed by atoms with E-state index >= 15 is 0 Å². The molecule has 26 heavy (non-hydrogen) atoms. The zero-order chi connectivity index (χ0) is 19.0. The van der Waals surface area contributed by atoms with Crippen molar-refractivity contribution in [3.63, 3.8) is 0 Å². The van der Waals surface area contributed by atoms with Gasteiger partial charge in [0, 0.05) is 17.9 Å². The number of unbranched alkanes of at least 4 members (excludes halogenated alkanes) is 3. The summed E-state index contributed by atoms with van der Waals surface area (Å²) in [5.74, 6) is 1.13. The molecule has 0 radical (unpaired) electrons. The standard InChI is InChI=1S/C22H37ClO3/c1-4-5-6-10-15-25-16-18-17(19-12-13-20(18)26-19)11-8-7-9-14-22(2,3)21(23)24/h7-8,17-20H,4-6,9-16H2,1-3H3/t17-,18+,19-,20+/m0/s1. The first kappa shape index (κ1) is 21.9. The molecular formula is C22H37ClO3. The van der Waals surface area contributed by atoms with Gasteiger partial charge in [-0.15, -0.1) is 0 Å². The van der Waals surface area contributed by atoms with Crippen LogP contribution in [0.2, 0.25) is 0 Å². The predicted molar refractivity (Wildman–Crippen MR) is 107 cm³/mol. The molecule has 2 saturated heterocycles. The fraction of sp³-hybridized carbons (Fsp3) is 0.864. The summed E-state index contributed by atoms with van der Waals surface area (Å²) in [6, 6.07) is 0. The summed E-state index contributed by atoms with van der Waals surface area (Å²) >= 11 is 5.64. The topological polar surface area (TPSA) is 35.5 Å². The van der Waals surface area contributed by atoms with Gasteiger partial charge in [-0.1, -0.05) is 52.2 Å². The normalized spacial score (nSPS) is 28.3. The molecule has 0 aliphatic carbocycles. The van der Waals surface area contributed by atoms with E-state index in [0.29, 0.717) is 24.0 Å². The third kappa shape index (κ3) is 6.35. The molecule has 4 atom stereocenters. The van der Waals surface area contributed by atoms with E-state index in [1.807, 2.05) is 13.8 Å². The lowest BCUT2D eigenvalue weighted by Gasteiger charge is -2.27. The molecular weight excluding hydrogens is 348 g/mol. The van der Waals surface area contributed by atoms with Crippen molar-refractivity contribution in [1.82, 2.24) is 0 Å². The predicted octanol–water partition coefficient (Wildman–Crippen LogP) is 5.90. The van der Waals surface area contributed by atoms with Crippen molar-refractivity contribution >= 4 is 16.8 Å². The average molecular weight is 385 g/mol. The van der Waals surface area contributed by atoms with Crippen LogP contribution in [0.15, 0.2) is 12.2 Å². The zero-order valence-electron chi connectivity index (χ0n) is 16.8. The van der Waals surface area contributed by atoms with Crippen molar-refractivity contribution in [3.05, 3.63) is 12.2 Å². The molecule has 0 aromatic rings. The van der Waals surface area contributed by atoms with Crippen LogP contribution in [0, 0.1) is 17.3 Å². The maximum Gasteiger partial charge on any atom is 0.227 e. The molecule has 0 spiro atoms. The fourth-order valence-electron chi connectivity index (χ4n) is 4.19. The Labute approximate surface area is 164 Å². The Morgan fingerprint density at radius 3 is 2.58 bits per heavy atom. The van der Waals surface area contributed by atoms with E-state index in [-0.39, 0.29) is 5.24 Å². The van der Waals surface area contributed by atoms with Crippen molar-refractivity contribution in [3.8, 4) is 0 Å². The van der Waals surface area contributed by atoms with Gasteiger partial charge in [0.15, 0.2) is 0 Å². The van der Waals surface area contributed by atoms with Crippen LogP contribution in [-0.4, -0.2) is 30.7 Å². The minimum Gasteiger partial charge on any atom is -0.381 e. The second kappa shape index (κ2) is 10.8. The molecule has 0 unspecified atom stereocenters. The van der Waals surface area contributed by atoms with Crippen LogP contribution >= 0.6 is 11.6 Å². The Morgan fingerprint density at radius 1 is 1.15 bits per heavy atom. The lowest BCUT2D eigenvalue weighted by molar-refractivity contribution is -0.119. The summed E-state index contributed by atoms with van der Waals surface area (Å²) in [4.78, 5) is 11.4. The van der Waals surface area contributed by atoms with Gasteiger partial charge in [0.1, 0.15) is 0 Å². The van der Waals surface area contributed by atoms with E-state index in [2.05, 4.69) is 19.1 Å². The summed E-state index contributed by atoms with van der Waals surface area (Å²) in [6.07, 6.45) is 15.5. The van der Waals surface area contributed by atoms with Crippen molar-refractivity contribution in [2.24, 2.45) is 17.3 Å². The van der Waals surface area contributed by atoms with Crippen LogP contribution in [0.5, 0.6) is 0 Å². The maximum absolute atomic E-state index is 11.4. The lowest BCUT2D eigenvalue weighted by Crippen LogP contribution is -2.30. The van der Waals surface area contributed by atoms with E-state index in [9.17, 15) is 4.79 Å². The lowest BCUT2D eigenvalue weighted by atomic mass is 9.78. The van der Waals surface area contributed by atoms with E-state index in [0.717, 1.165) is 32.5 Å². The van der Waals surface area contributed by atoms with Gasteiger partial charge in [0.25, 0.3) is 0 Å². The highest BCUT2D eigenvalue weighted by molar-refractivity contribution is 6.64. The smallest absolute Gasteiger partial charge is 0.227 e. The minimum atomic E-state index is -0.435. The van der Waals surface area contributed by atoms with Crippen LogP contribution in [0.3, 0.4) is 0 Å². The van der Waals surface area contributed by atoms with E-state index in [1.54, 1.807) is 0 Å². The molecule has 4 heteroatoms. The quantitative estimate of drug-likeness (QED) is 0.225. The van der Waals surface area contributed by atoms with E-state index in [4.69, 9.17) is 21.1 Å². The van der Waals surface area contributed by atoms with Crippen molar-refractivity contribution < 1.29 is 14.3 Å². The van der Waals surface area contributed by atoms with Gasteiger partial charge in [-0.25, -0.2) is 0 Å². The minimum absolute atomic E-state index is 0.247. The number of hydrogen-bond acceptors (Lipinski definition) is 3. The van der Waals surface area contributed by atoms with Crippen LogP contribution in [0.1, 0.15) is 78.6 Å². The van der Waals surface area contributed by atoms with Crippen LogP contribution < -0.4 is 0 Å². The molecule has 2 rings (SSSR count). The van der Waals surface area contributed by atoms with Crippen LogP contribution in [0.25, 0.3) is 0 Å². The maximum atomic E-state index is 11.4. The largest absolute Gasteiger partial charge is 0.381 e. The summed E-state index contributed by atoms with van der Waals surface area (Å²) in [5, 5.41) is -0.247. The van der Waals surface area contributed by atoms with Gasteiger partial charge in [-0.05, 0) is 56.0 Å². The molecule has 150 valence electrons. The Kier molecular flexibility index (Phi) is 9.12. The highest BCUT2D eigenvalue weighted by Gasteiger charge is 2.48. The van der Waals surface area contributed by atoms with Gasteiger partial charge in [0.2, 0.25) is 5.24 Å². The molecule has 0 aromatic heterocycles. The second-order valence-corrected chi connectivity index (χ2v) is 9.00. The number of fused-ring (bicyclic) bond motifs is 2. The highest BCUT2D eigenvalue weighted by Crippen LogP contribution is 2.45. The molecule has 3 nitrogen and oxygen atoms in total. The number of carbonyl (C=O) groups is 1. The molecule has 2 aliphatic rings. The Balaban J connectivity index is 1.70. The molecule has 2 fully saturated rings. The number of rotatable bonds is 13. The van der Waals surface area contributed by atoms with Gasteiger partial charge < -0.3 is 9.47 Å². The summed E-state index contributed by atoms with van der Waals surface area (Å²) in [5.41, 5.74) is -0.435. The van der Waals surface area contributed by atoms with Gasteiger partial charge in [-0.3, -0.25) is 4.79 Å². The first-order chi connectivity index (χ1) is 12.5. The number of hydrogen-bond donors (Lipinski definition) is 0. The second-order valence-electron chi connectivity index (χ2n) is 8.66. The van der Waals surface area contributed by atoms with Gasteiger partial charge in [-0.2, -0.15) is 0 Å². The Bertz CT molecular complexity index is 460. The molecule has 2 heterocycles. The molecule has 0 N–H and O–H groups in total.